The molecule has 3 aromatic rings. The number of methoxy groups -OCH3 is 1. The molecule has 5 nitrogen and oxygen atoms in total. The maximum Gasteiger partial charge on any atom is 0.151 e. The van der Waals surface area contributed by atoms with Gasteiger partial charge in [0.25, 0.3) is 0 Å². The van der Waals surface area contributed by atoms with E-state index in [9.17, 15) is 0 Å². The van der Waals surface area contributed by atoms with E-state index < -0.39 is 0 Å². The summed E-state index contributed by atoms with van der Waals surface area (Å²) in [5, 5.41) is 8.56. The summed E-state index contributed by atoms with van der Waals surface area (Å²) in [6.07, 6.45) is 1.90. The van der Waals surface area contributed by atoms with Crippen molar-refractivity contribution in [3.63, 3.8) is 0 Å². The SMILES string of the molecule is COc1ccc(-c2cc(N(C)Cc3ncc(C)s3)n[nH]2)cc1. The first-order chi connectivity index (χ1) is 10.7. The van der Waals surface area contributed by atoms with Crippen LogP contribution in [0.25, 0.3) is 11.3 Å². The first-order valence-electron chi connectivity index (χ1n) is 6.98. The van der Waals surface area contributed by atoms with Crippen molar-refractivity contribution in [2.24, 2.45) is 0 Å². The van der Waals surface area contributed by atoms with Gasteiger partial charge in [0.15, 0.2) is 5.82 Å². The normalized spacial score (nSPS) is 10.7. The predicted molar refractivity (Wildman–Crippen MR) is 89.5 cm³/mol. The number of hydrogen-bond donors (Lipinski definition) is 1. The number of ether oxygens (including phenoxy) is 1. The van der Waals surface area contributed by atoms with E-state index in [1.807, 2.05) is 43.6 Å². The lowest BCUT2D eigenvalue weighted by molar-refractivity contribution is 0.415. The van der Waals surface area contributed by atoms with Gasteiger partial charge in [-0.15, -0.1) is 11.3 Å². The predicted octanol–water partition coefficient (Wildman–Crippen LogP) is 3.49. The van der Waals surface area contributed by atoms with Crippen LogP contribution >= 0.6 is 11.3 Å². The second kappa shape index (κ2) is 6.19. The number of H-pyrrole nitrogens is 1. The highest BCUT2D eigenvalue weighted by Crippen LogP contribution is 2.24. The molecule has 0 aliphatic rings. The molecular weight excluding hydrogens is 296 g/mol. The summed E-state index contributed by atoms with van der Waals surface area (Å²) in [7, 11) is 3.68. The Hall–Kier alpha value is -2.34. The monoisotopic (exact) mass is 314 g/mol. The van der Waals surface area contributed by atoms with Gasteiger partial charge in [-0.25, -0.2) is 4.98 Å². The zero-order valence-corrected chi connectivity index (χ0v) is 13.6. The Morgan fingerprint density at radius 3 is 2.68 bits per heavy atom. The van der Waals surface area contributed by atoms with E-state index in [2.05, 4.69) is 27.0 Å². The third kappa shape index (κ3) is 3.12. The van der Waals surface area contributed by atoms with Crippen LogP contribution in [0.5, 0.6) is 5.75 Å². The van der Waals surface area contributed by atoms with Crippen LogP contribution < -0.4 is 9.64 Å². The zero-order chi connectivity index (χ0) is 15.5. The van der Waals surface area contributed by atoms with Gasteiger partial charge in [0.2, 0.25) is 0 Å². The topological polar surface area (TPSA) is 54.0 Å². The highest BCUT2D eigenvalue weighted by Gasteiger charge is 2.10. The van der Waals surface area contributed by atoms with Crippen molar-refractivity contribution < 1.29 is 4.74 Å². The number of rotatable bonds is 5. The lowest BCUT2D eigenvalue weighted by Crippen LogP contribution is -2.16. The molecule has 0 saturated heterocycles. The average Bonchev–Trinajstić information content (AvgIpc) is 3.17. The van der Waals surface area contributed by atoms with E-state index in [0.717, 1.165) is 34.4 Å². The Balaban J connectivity index is 1.74. The first-order valence-corrected chi connectivity index (χ1v) is 7.79. The summed E-state index contributed by atoms with van der Waals surface area (Å²) in [5.41, 5.74) is 2.07. The second-order valence-electron chi connectivity index (χ2n) is 5.09. The van der Waals surface area contributed by atoms with Crippen molar-refractivity contribution in [1.82, 2.24) is 15.2 Å². The Labute approximate surface area is 133 Å². The molecule has 0 aliphatic heterocycles. The van der Waals surface area contributed by atoms with Gasteiger partial charge in [-0.05, 0) is 36.8 Å². The number of aromatic nitrogens is 3. The molecule has 2 aromatic heterocycles. The van der Waals surface area contributed by atoms with Crippen LogP contribution in [0.1, 0.15) is 9.88 Å². The van der Waals surface area contributed by atoms with E-state index in [-0.39, 0.29) is 0 Å². The largest absolute Gasteiger partial charge is 0.497 e. The Morgan fingerprint density at radius 1 is 1.27 bits per heavy atom. The van der Waals surface area contributed by atoms with E-state index >= 15 is 0 Å². The van der Waals surface area contributed by atoms with Gasteiger partial charge < -0.3 is 9.64 Å². The third-order valence-electron chi connectivity index (χ3n) is 3.40. The minimum absolute atomic E-state index is 0.755. The number of thiazole rings is 1. The summed E-state index contributed by atoms with van der Waals surface area (Å²) < 4.78 is 5.18. The fourth-order valence-electron chi connectivity index (χ4n) is 2.18. The molecule has 2 heterocycles. The second-order valence-corrected chi connectivity index (χ2v) is 6.41. The van der Waals surface area contributed by atoms with Crippen molar-refractivity contribution in [2.45, 2.75) is 13.5 Å². The molecule has 1 aromatic carbocycles. The van der Waals surface area contributed by atoms with Crippen molar-refractivity contribution in [2.75, 3.05) is 19.1 Å². The van der Waals surface area contributed by atoms with Crippen molar-refractivity contribution in [3.8, 4) is 17.0 Å². The molecule has 0 unspecified atom stereocenters. The van der Waals surface area contributed by atoms with Crippen LogP contribution in [0.3, 0.4) is 0 Å². The summed E-state index contributed by atoms with van der Waals surface area (Å²) in [6.45, 7) is 2.82. The van der Waals surface area contributed by atoms with Gasteiger partial charge in [0.05, 0.1) is 19.3 Å². The Bertz CT molecular complexity index is 748. The Morgan fingerprint density at radius 2 is 2.05 bits per heavy atom. The number of nitrogens with one attached hydrogen (secondary N) is 1. The van der Waals surface area contributed by atoms with Gasteiger partial charge in [-0.1, -0.05) is 0 Å². The molecule has 0 saturated carbocycles. The van der Waals surface area contributed by atoms with Crippen LogP contribution in [0.15, 0.2) is 36.5 Å². The molecule has 0 amide bonds. The van der Waals surface area contributed by atoms with Crippen LogP contribution in [-0.4, -0.2) is 29.3 Å². The molecular formula is C16H18N4OS. The van der Waals surface area contributed by atoms with Crippen LogP contribution in [-0.2, 0) is 6.54 Å². The molecule has 22 heavy (non-hydrogen) atoms. The summed E-state index contributed by atoms with van der Waals surface area (Å²) >= 11 is 1.71. The van der Waals surface area contributed by atoms with E-state index in [1.165, 1.54) is 4.88 Å². The van der Waals surface area contributed by atoms with Gasteiger partial charge in [0, 0.05) is 24.2 Å². The number of benzene rings is 1. The minimum Gasteiger partial charge on any atom is -0.497 e. The van der Waals surface area contributed by atoms with Gasteiger partial charge in [-0.2, -0.15) is 5.10 Å². The standard InChI is InChI=1S/C16H18N4OS/c1-11-9-17-16(22-11)10-20(2)15-8-14(18-19-15)12-4-6-13(21-3)7-5-12/h4-9H,10H2,1-3H3,(H,18,19). The van der Waals surface area contributed by atoms with Gasteiger partial charge >= 0.3 is 0 Å². The molecule has 0 atom stereocenters. The number of anilines is 1. The lowest BCUT2D eigenvalue weighted by Gasteiger charge is -2.13. The molecule has 0 spiro atoms. The smallest absolute Gasteiger partial charge is 0.151 e. The summed E-state index contributed by atoms with van der Waals surface area (Å²) in [5.74, 6) is 1.75. The average molecular weight is 314 g/mol. The number of nitrogens with zero attached hydrogens (tertiary/aromatic N) is 3. The van der Waals surface area contributed by atoms with Crippen molar-refractivity contribution in [3.05, 3.63) is 46.4 Å². The third-order valence-corrected chi connectivity index (χ3v) is 4.30. The Kier molecular flexibility index (Phi) is 4.11. The van der Waals surface area contributed by atoms with Crippen molar-refractivity contribution in [1.29, 1.82) is 0 Å². The van der Waals surface area contributed by atoms with Crippen LogP contribution in [0.2, 0.25) is 0 Å². The molecule has 0 aliphatic carbocycles. The van der Waals surface area contributed by atoms with Crippen LogP contribution in [0.4, 0.5) is 5.82 Å². The fraction of sp³-hybridized carbons (Fsp3) is 0.250. The maximum absolute atomic E-state index is 5.18. The van der Waals surface area contributed by atoms with E-state index in [0.29, 0.717) is 0 Å². The van der Waals surface area contributed by atoms with Crippen molar-refractivity contribution >= 4 is 17.2 Å². The number of aromatic amines is 1. The summed E-state index contributed by atoms with van der Waals surface area (Å²) in [4.78, 5) is 7.70. The molecule has 0 fully saturated rings. The fourth-order valence-corrected chi connectivity index (χ4v) is 3.02. The molecule has 6 heteroatoms. The highest BCUT2D eigenvalue weighted by molar-refractivity contribution is 7.11. The lowest BCUT2D eigenvalue weighted by atomic mass is 10.1. The molecule has 114 valence electrons. The molecule has 3 rings (SSSR count). The number of hydrogen-bond acceptors (Lipinski definition) is 5. The minimum atomic E-state index is 0.755. The van der Waals surface area contributed by atoms with Gasteiger partial charge in [0.1, 0.15) is 10.8 Å². The zero-order valence-electron chi connectivity index (χ0n) is 12.8. The highest BCUT2D eigenvalue weighted by atomic mass is 32.1. The van der Waals surface area contributed by atoms with E-state index in [4.69, 9.17) is 4.74 Å². The summed E-state index contributed by atoms with van der Waals surface area (Å²) in [6, 6.07) is 9.96. The molecule has 1 N–H and O–H groups in total. The first kappa shape index (κ1) is 14.6. The molecule has 0 radical (unpaired) electrons. The van der Waals surface area contributed by atoms with Crippen LogP contribution in [0, 0.1) is 6.92 Å². The molecule has 0 bridgehead atoms. The quantitative estimate of drug-likeness (QED) is 0.783. The number of aryl methyl sites for hydroxylation is 1. The van der Waals surface area contributed by atoms with Gasteiger partial charge in [-0.3, -0.25) is 5.10 Å². The maximum atomic E-state index is 5.18. The van der Waals surface area contributed by atoms with E-state index in [1.54, 1.807) is 18.4 Å².